The van der Waals surface area contributed by atoms with Crippen LogP contribution in [-0.4, -0.2) is 141 Å². The van der Waals surface area contributed by atoms with E-state index >= 15 is 0 Å². The van der Waals surface area contributed by atoms with Gasteiger partial charge in [0.2, 0.25) is 0 Å². The summed E-state index contributed by atoms with van der Waals surface area (Å²) in [6.07, 6.45) is 0. The summed E-state index contributed by atoms with van der Waals surface area (Å²) < 4.78 is 0. The Morgan fingerprint density at radius 2 is 1.03 bits per heavy atom. The molecule has 0 aromatic carbocycles. The topological polar surface area (TPSA) is 134 Å². The molecule has 0 saturated carbocycles. The van der Waals surface area contributed by atoms with Crippen molar-refractivity contribution in [2.45, 2.75) is 24.2 Å². The Bertz CT molecular complexity index is 606. The van der Waals surface area contributed by atoms with Crippen LogP contribution in [0.25, 0.3) is 0 Å². The fourth-order valence-electron chi connectivity index (χ4n) is 3.75. The Hall–Kier alpha value is -0.350. The van der Waals surface area contributed by atoms with E-state index < -0.39 is 17.9 Å². The molecule has 1 fully saturated rings. The van der Waals surface area contributed by atoms with E-state index in [1.54, 1.807) is 14.7 Å². The number of hydrogen-bond donors (Lipinski definition) is 8. The summed E-state index contributed by atoms with van der Waals surface area (Å²) in [5, 5.41) is 31.7. The van der Waals surface area contributed by atoms with Crippen LogP contribution >= 0.6 is 50.5 Å². The number of hydrogen-bond acceptors (Lipinski definition) is 11. The standard InChI is InChI=1S/C18H34N4O6S4/c23-16(24)5-20-2-12(8-29)19-1-13(9-30)21(6-17(25)26)3-15(11-32)22(7-18(27)28)4-14(20)10-31/h12-15,19,29-32H,1-11H2,(H,23,24)(H,25,26)(H,27,28)/t12-,13-,14-,15-/m1/s1. The molecule has 0 aliphatic carbocycles. The van der Waals surface area contributed by atoms with Crippen LogP contribution in [0, 0.1) is 0 Å². The fraction of sp³-hybridized carbons (Fsp3) is 0.833. The molecular weight excluding hydrogens is 496 g/mol. The molecule has 4 N–H and O–H groups in total. The van der Waals surface area contributed by atoms with E-state index in [0.29, 0.717) is 36.1 Å². The normalized spacial score (nSPS) is 27.4. The van der Waals surface area contributed by atoms with E-state index in [1.807, 2.05) is 0 Å². The summed E-state index contributed by atoms with van der Waals surface area (Å²) in [5.74, 6) is -1.57. The van der Waals surface area contributed by atoms with Crippen LogP contribution in [0.5, 0.6) is 0 Å². The van der Waals surface area contributed by atoms with Crippen molar-refractivity contribution in [1.82, 2.24) is 20.0 Å². The average molecular weight is 531 g/mol. The lowest BCUT2D eigenvalue weighted by Crippen LogP contribution is -2.60. The van der Waals surface area contributed by atoms with Crippen LogP contribution in [0.1, 0.15) is 0 Å². The van der Waals surface area contributed by atoms with Gasteiger partial charge in [-0.15, -0.1) is 0 Å². The van der Waals surface area contributed by atoms with Gasteiger partial charge in [-0.3, -0.25) is 29.1 Å². The van der Waals surface area contributed by atoms with E-state index in [2.05, 4.69) is 55.8 Å². The minimum absolute atomic E-state index is 0.165. The first-order chi connectivity index (χ1) is 15.1. The highest BCUT2D eigenvalue weighted by Gasteiger charge is 2.32. The predicted octanol–water partition coefficient (Wildman–Crippen LogP) is -1.06. The van der Waals surface area contributed by atoms with Crippen molar-refractivity contribution in [3.63, 3.8) is 0 Å². The highest BCUT2D eigenvalue weighted by atomic mass is 32.1. The molecule has 186 valence electrons. The van der Waals surface area contributed by atoms with Crippen LogP contribution in [0.4, 0.5) is 0 Å². The Balaban J connectivity index is 3.38. The van der Waals surface area contributed by atoms with Crippen molar-refractivity contribution in [2.24, 2.45) is 0 Å². The van der Waals surface area contributed by atoms with Crippen LogP contribution in [-0.2, 0) is 14.4 Å². The van der Waals surface area contributed by atoms with Crippen LogP contribution in [0.15, 0.2) is 0 Å². The van der Waals surface area contributed by atoms with Gasteiger partial charge >= 0.3 is 17.9 Å². The van der Waals surface area contributed by atoms with Gasteiger partial charge in [0.25, 0.3) is 0 Å². The molecular formula is C18H34N4O6S4. The molecule has 0 bridgehead atoms. The number of thiol groups is 4. The highest BCUT2D eigenvalue weighted by Crippen LogP contribution is 2.15. The molecule has 0 aromatic heterocycles. The first kappa shape index (κ1) is 29.7. The lowest BCUT2D eigenvalue weighted by atomic mass is 10.1. The molecule has 0 unspecified atom stereocenters. The first-order valence-electron chi connectivity index (χ1n) is 10.2. The smallest absolute Gasteiger partial charge is 0.317 e. The van der Waals surface area contributed by atoms with Crippen LogP contribution < -0.4 is 5.32 Å². The lowest BCUT2D eigenvalue weighted by molar-refractivity contribution is -0.142. The first-order valence-corrected chi connectivity index (χ1v) is 12.7. The van der Waals surface area contributed by atoms with E-state index in [0.717, 1.165) is 0 Å². The molecule has 4 atom stereocenters. The maximum absolute atomic E-state index is 11.6. The molecule has 14 heteroatoms. The maximum atomic E-state index is 11.6. The summed E-state index contributed by atoms with van der Waals surface area (Å²) >= 11 is 17.6. The van der Waals surface area contributed by atoms with Gasteiger partial charge in [0, 0.05) is 73.4 Å². The van der Waals surface area contributed by atoms with Gasteiger partial charge in [0.15, 0.2) is 0 Å². The van der Waals surface area contributed by atoms with Gasteiger partial charge < -0.3 is 20.6 Å². The average Bonchev–Trinajstić information content (AvgIpc) is 2.71. The van der Waals surface area contributed by atoms with Gasteiger partial charge in [-0.1, -0.05) is 0 Å². The molecule has 32 heavy (non-hydrogen) atoms. The second-order valence-electron chi connectivity index (χ2n) is 7.77. The Morgan fingerprint density at radius 3 is 1.38 bits per heavy atom. The quantitative estimate of drug-likeness (QED) is 0.165. The molecule has 1 aliphatic heterocycles. The third-order valence-electron chi connectivity index (χ3n) is 5.40. The third kappa shape index (κ3) is 10.3. The second-order valence-corrected chi connectivity index (χ2v) is 9.23. The van der Waals surface area contributed by atoms with Crippen molar-refractivity contribution in [2.75, 3.05) is 68.8 Å². The molecule has 0 aromatic rings. The predicted molar refractivity (Wildman–Crippen MR) is 136 cm³/mol. The van der Waals surface area contributed by atoms with Crippen molar-refractivity contribution >= 4 is 68.4 Å². The Labute approximate surface area is 210 Å². The van der Waals surface area contributed by atoms with Crippen molar-refractivity contribution in [1.29, 1.82) is 0 Å². The monoisotopic (exact) mass is 530 g/mol. The molecule has 10 nitrogen and oxygen atoms in total. The molecule has 1 rings (SSSR count). The third-order valence-corrected chi connectivity index (χ3v) is 7.11. The summed E-state index contributed by atoms with van der Waals surface area (Å²) in [4.78, 5) is 39.9. The van der Waals surface area contributed by atoms with Gasteiger partial charge in [0.05, 0.1) is 19.6 Å². The summed E-state index contributed by atoms with van der Waals surface area (Å²) in [5.41, 5.74) is 0. The van der Waals surface area contributed by atoms with E-state index in [9.17, 15) is 29.7 Å². The minimum atomic E-state index is -1.03. The van der Waals surface area contributed by atoms with Crippen LogP contribution in [0.3, 0.4) is 0 Å². The Morgan fingerprint density at radius 1 is 0.656 bits per heavy atom. The maximum Gasteiger partial charge on any atom is 0.317 e. The number of carbonyl (C=O) groups is 3. The molecule has 1 heterocycles. The number of nitrogens with one attached hydrogen (secondary N) is 1. The number of nitrogens with zero attached hydrogens (tertiary/aromatic N) is 3. The fourth-order valence-corrected chi connectivity index (χ4v) is 5.05. The Kier molecular flexibility index (Phi) is 14.4. The highest BCUT2D eigenvalue weighted by molar-refractivity contribution is 7.80. The van der Waals surface area contributed by atoms with Gasteiger partial charge in [0.1, 0.15) is 0 Å². The van der Waals surface area contributed by atoms with Gasteiger partial charge in [-0.05, 0) is 0 Å². The number of carboxylic acids is 3. The van der Waals surface area contributed by atoms with Gasteiger partial charge in [-0.2, -0.15) is 50.5 Å². The number of carboxylic acid groups (broad SMARTS) is 3. The van der Waals surface area contributed by atoms with Crippen molar-refractivity contribution in [3.05, 3.63) is 0 Å². The lowest BCUT2D eigenvalue weighted by Gasteiger charge is -2.42. The van der Waals surface area contributed by atoms with Crippen molar-refractivity contribution in [3.8, 4) is 0 Å². The zero-order chi connectivity index (χ0) is 24.3. The van der Waals surface area contributed by atoms with E-state index in [4.69, 9.17) is 0 Å². The summed E-state index contributed by atoms with van der Waals surface area (Å²) in [7, 11) is 0. The van der Waals surface area contributed by atoms with E-state index in [-0.39, 0.29) is 56.9 Å². The molecule has 0 amide bonds. The largest absolute Gasteiger partial charge is 0.480 e. The van der Waals surface area contributed by atoms with Crippen LogP contribution in [0.2, 0.25) is 0 Å². The van der Waals surface area contributed by atoms with Crippen molar-refractivity contribution < 1.29 is 29.7 Å². The number of rotatable bonds is 10. The molecule has 1 aliphatic rings. The second kappa shape index (κ2) is 15.5. The zero-order valence-corrected chi connectivity index (χ0v) is 21.4. The minimum Gasteiger partial charge on any atom is -0.480 e. The molecule has 0 spiro atoms. The zero-order valence-electron chi connectivity index (χ0n) is 17.8. The number of aliphatic carboxylic acids is 3. The molecule has 1 saturated heterocycles. The van der Waals surface area contributed by atoms with Gasteiger partial charge in [-0.25, -0.2) is 0 Å². The SMILES string of the molecule is O=C(O)CN1C[C@H](CS)NC[C@H](CS)N(CC(=O)O)C[C@H](CS)N(CC(=O)O)C[C@@H]1CS. The summed E-state index contributed by atoms with van der Waals surface area (Å²) in [6, 6.07) is -1.11. The van der Waals surface area contributed by atoms with E-state index in [1.165, 1.54) is 0 Å². The summed E-state index contributed by atoms with van der Waals surface area (Å²) in [6.45, 7) is 0.602. The molecule has 0 radical (unpaired) electrons.